The number of nitrogens with zero attached hydrogens (tertiary/aromatic N) is 4. The molecule has 10 nitrogen and oxygen atoms in total. The summed E-state index contributed by atoms with van der Waals surface area (Å²) in [5, 5.41) is 0.254. The molecular formula is C27H33ClN4O6S. The fourth-order valence-corrected chi connectivity index (χ4v) is 6.78. The van der Waals surface area contributed by atoms with Crippen LogP contribution in [0.5, 0.6) is 11.5 Å². The first-order valence-corrected chi connectivity index (χ1v) is 15.1. The number of carbonyl (C=O) groups is 1. The first-order chi connectivity index (χ1) is 18.8. The maximum absolute atomic E-state index is 12.6. The fourth-order valence-electron chi connectivity index (χ4n) is 4.72. The second-order valence-corrected chi connectivity index (χ2v) is 12.3. The lowest BCUT2D eigenvalue weighted by molar-refractivity contribution is -0.143. The maximum atomic E-state index is 12.6. The summed E-state index contributed by atoms with van der Waals surface area (Å²) in [6.45, 7) is 4.70. The molecule has 1 aliphatic carbocycles. The molecule has 0 amide bonds. The molecular weight excluding hydrogens is 544 g/mol. The van der Waals surface area contributed by atoms with Gasteiger partial charge in [0.2, 0.25) is 10.0 Å². The average molecular weight is 577 g/mol. The first kappa shape index (κ1) is 27.5. The van der Waals surface area contributed by atoms with Gasteiger partial charge in [-0.05, 0) is 38.3 Å². The van der Waals surface area contributed by atoms with Crippen molar-refractivity contribution in [2.75, 3.05) is 51.4 Å². The Kier molecular flexibility index (Phi) is 8.20. The number of sulfonamides is 1. The van der Waals surface area contributed by atoms with E-state index in [0.29, 0.717) is 73.6 Å². The van der Waals surface area contributed by atoms with Crippen LogP contribution in [-0.4, -0.2) is 79.8 Å². The normalized spacial score (nSPS) is 16.4. The van der Waals surface area contributed by atoms with Crippen LogP contribution in [0.1, 0.15) is 32.6 Å². The number of piperazine rings is 1. The molecule has 3 aromatic rings. The average Bonchev–Trinajstić information content (AvgIpc) is 3.71. The van der Waals surface area contributed by atoms with Crippen LogP contribution in [-0.2, 0) is 19.6 Å². The molecule has 5 rings (SSSR count). The fraction of sp³-hybridized carbons (Fsp3) is 0.481. The van der Waals surface area contributed by atoms with Gasteiger partial charge < -0.3 is 23.5 Å². The van der Waals surface area contributed by atoms with Crippen LogP contribution >= 0.6 is 11.6 Å². The number of imidazole rings is 1. The van der Waals surface area contributed by atoms with Crippen molar-refractivity contribution in [2.24, 2.45) is 0 Å². The Labute approximate surface area is 233 Å². The topological polar surface area (TPSA) is 103 Å². The number of halogens is 1. The molecule has 0 unspecified atom stereocenters. The highest BCUT2D eigenvalue weighted by Crippen LogP contribution is 2.39. The predicted molar refractivity (Wildman–Crippen MR) is 149 cm³/mol. The second kappa shape index (κ2) is 11.6. The second-order valence-electron chi connectivity index (χ2n) is 9.65. The van der Waals surface area contributed by atoms with Crippen LogP contribution in [0.3, 0.4) is 0 Å². The van der Waals surface area contributed by atoms with Crippen LogP contribution in [0.15, 0.2) is 36.7 Å². The van der Waals surface area contributed by atoms with Gasteiger partial charge in [-0.3, -0.25) is 4.79 Å². The number of aromatic nitrogens is 2. The van der Waals surface area contributed by atoms with E-state index in [2.05, 4.69) is 4.90 Å². The van der Waals surface area contributed by atoms with Crippen molar-refractivity contribution in [3.05, 3.63) is 41.7 Å². The van der Waals surface area contributed by atoms with Gasteiger partial charge in [-0.1, -0.05) is 11.6 Å². The summed E-state index contributed by atoms with van der Waals surface area (Å²) < 4.78 is 45.1. The van der Waals surface area contributed by atoms with E-state index < -0.39 is 10.0 Å². The number of hydrogen-bond donors (Lipinski definition) is 0. The Morgan fingerprint density at radius 1 is 1.13 bits per heavy atom. The maximum Gasteiger partial charge on any atom is 0.305 e. The summed E-state index contributed by atoms with van der Waals surface area (Å²) in [7, 11) is -1.61. The SMILES string of the molecule is CCOC(=O)CCCOc1cc(OC)c(Cl)cc1-c1cn2ccc(N3CCN(S(=O)(=O)C4CC4)CC3)cc2n1. The van der Waals surface area contributed by atoms with Crippen LogP contribution in [0, 0.1) is 0 Å². The van der Waals surface area contributed by atoms with Gasteiger partial charge in [0.15, 0.2) is 0 Å². The number of anilines is 1. The van der Waals surface area contributed by atoms with Crippen LogP contribution in [0.25, 0.3) is 16.9 Å². The Morgan fingerprint density at radius 2 is 1.90 bits per heavy atom. The van der Waals surface area contributed by atoms with Gasteiger partial charge >= 0.3 is 5.97 Å². The highest BCUT2D eigenvalue weighted by molar-refractivity contribution is 7.90. The van der Waals surface area contributed by atoms with Gasteiger partial charge in [-0.25, -0.2) is 13.4 Å². The highest BCUT2D eigenvalue weighted by Gasteiger charge is 2.41. The minimum Gasteiger partial charge on any atom is -0.495 e. The number of ether oxygens (including phenoxy) is 3. The summed E-state index contributed by atoms with van der Waals surface area (Å²) >= 11 is 6.45. The molecule has 1 aliphatic heterocycles. The molecule has 0 atom stereocenters. The molecule has 0 radical (unpaired) electrons. The molecule has 1 aromatic carbocycles. The molecule has 0 bridgehead atoms. The van der Waals surface area contributed by atoms with Crippen LogP contribution in [0.2, 0.25) is 5.02 Å². The first-order valence-electron chi connectivity index (χ1n) is 13.2. The molecule has 2 aromatic heterocycles. The summed E-state index contributed by atoms with van der Waals surface area (Å²) in [6, 6.07) is 7.51. The van der Waals surface area contributed by atoms with E-state index in [9.17, 15) is 13.2 Å². The van der Waals surface area contributed by atoms with Gasteiger partial charge in [-0.2, -0.15) is 4.31 Å². The molecule has 2 fully saturated rings. The zero-order chi connectivity index (χ0) is 27.6. The van der Waals surface area contributed by atoms with Crippen LogP contribution < -0.4 is 14.4 Å². The number of esters is 1. The van der Waals surface area contributed by atoms with Crippen molar-refractivity contribution in [1.29, 1.82) is 0 Å². The Bertz CT molecular complexity index is 1450. The standard InChI is InChI=1S/C27H33ClN4O6S/c1-3-37-27(33)5-4-14-38-24-17-25(36-2)22(28)16-21(24)23-18-31-9-8-19(15-26(31)29-23)30-10-12-32(13-11-30)39(34,35)20-6-7-20/h8-9,15-18,20H,3-7,10-14H2,1-2H3. The van der Waals surface area contributed by atoms with Crippen molar-refractivity contribution >= 4 is 38.9 Å². The molecule has 1 saturated carbocycles. The smallest absolute Gasteiger partial charge is 0.305 e. The van der Waals surface area contributed by atoms with E-state index >= 15 is 0 Å². The van der Waals surface area contributed by atoms with E-state index in [-0.39, 0.29) is 17.6 Å². The Morgan fingerprint density at radius 3 is 2.59 bits per heavy atom. The van der Waals surface area contributed by atoms with E-state index in [1.165, 1.54) is 0 Å². The third-order valence-electron chi connectivity index (χ3n) is 6.97. The predicted octanol–water partition coefficient (Wildman–Crippen LogP) is 4.00. The summed E-state index contributed by atoms with van der Waals surface area (Å²) in [5.41, 5.74) is 3.13. The molecule has 0 N–H and O–H groups in total. The van der Waals surface area contributed by atoms with E-state index in [1.807, 2.05) is 28.9 Å². The van der Waals surface area contributed by atoms with Gasteiger partial charge in [0, 0.05) is 68.4 Å². The molecule has 210 valence electrons. The van der Waals surface area contributed by atoms with Gasteiger partial charge in [0.05, 0.1) is 36.3 Å². The third kappa shape index (κ3) is 6.10. The quantitative estimate of drug-likeness (QED) is 0.249. The van der Waals surface area contributed by atoms with Crippen molar-refractivity contribution in [1.82, 2.24) is 13.7 Å². The monoisotopic (exact) mass is 576 g/mol. The van der Waals surface area contributed by atoms with Crippen molar-refractivity contribution in [2.45, 2.75) is 37.9 Å². The largest absolute Gasteiger partial charge is 0.495 e. The van der Waals surface area contributed by atoms with Gasteiger partial charge in [0.25, 0.3) is 0 Å². The molecule has 2 aliphatic rings. The number of methoxy groups -OCH3 is 1. The Balaban J connectivity index is 1.33. The van der Waals surface area contributed by atoms with Gasteiger partial charge in [-0.15, -0.1) is 0 Å². The van der Waals surface area contributed by atoms with Crippen LogP contribution in [0.4, 0.5) is 5.69 Å². The third-order valence-corrected chi connectivity index (χ3v) is 9.67. The summed E-state index contributed by atoms with van der Waals surface area (Å²) in [4.78, 5) is 18.7. The molecule has 39 heavy (non-hydrogen) atoms. The summed E-state index contributed by atoms with van der Waals surface area (Å²) in [6.07, 6.45) is 6.18. The number of fused-ring (bicyclic) bond motifs is 1. The minimum absolute atomic E-state index is 0.179. The van der Waals surface area contributed by atoms with Crippen molar-refractivity contribution in [3.63, 3.8) is 0 Å². The highest BCUT2D eigenvalue weighted by atomic mass is 35.5. The number of hydrogen-bond acceptors (Lipinski definition) is 8. The van der Waals surface area contributed by atoms with Crippen molar-refractivity contribution in [3.8, 4) is 22.8 Å². The summed E-state index contributed by atoms with van der Waals surface area (Å²) in [5.74, 6) is 0.781. The molecule has 12 heteroatoms. The zero-order valence-electron chi connectivity index (χ0n) is 22.1. The van der Waals surface area contributed by atoms with E-state index in [0.717, 1.165) is 24.2 Å². The molecule has 1 saturated heterocycles. The number of carbonyl (C=O) groups excluding carboxylic acids is 1. The molecule has 0 spiro atoms. The number of rotatable bonds is 11. The molecule has 3 heterocycles. The lowest BCUT2D eigenvalue weighted by Crippen LogP contribution is -2.49. The van der Waals surface area contributed by atoms with Gasteiger partial charge in [0.1, 0.15) is 17.1 Å². The number of benzene rings is 1. The van der Waals surface area contributed by atoms with E-state index in [4.69, 9.17) is 30.8 Å². The zero-order valence-corrected chi connectivity index (χ0v) is 23.7. The number of pyridine rings is 1. The Hall–Kier alpha value is -3.02. The lowest BCUT2D eigenvalue weighted by atomic mass is 10.1. The van der Waals surface area contributed by atoms with E-state index in [1.54, 1.807) is 30.5 Å². The lowest BCUT2D eigenvalue weighted by Gasteiger charge is -2.35. The minimum atomic E-state index is -3.15. The van der Waals surface area contributed by atoms with Crippen molar-refractivity contribution < 1.29 is 27.4 Å².